The Bertz CT molecular complexity index is 1900. The molecule has 5 rings (SSSR count). The number of aliphatic hydroxyl groups excluding tert-OH is 1. The molecule has 0 unspecified atom stereocenters. The van der Waals surface area contributed by atoms with E-state index in [0.29, 0.717) is 11.4 Å². The third-order valence-electron chi connectivity index (χ3n) is 8.25. The minimum Gasteiger partial charge on any atom is -0.495 e. The number of halogens is 1. The smallest absolute Gasteiger partial charge is 0.323 e. The maximum atomic E-state index is 13.8. The molecule has 1 aliphatic rings. The molecule has 1 heterocycles. The standard InChI is InChI=1S/C34H37ClN4O7S/c1-21-18-39(22(2)20-40)33(41)26-12-8-14-29(37-34(42)36-28-13-7-10-23-9-5-6-11-25(23)28)32(26)46-31(21)19-38(3)47(43,44)24-15-16-30(45-4)27(35)17-24/h5-17,21-22,31,40H,18-20H2,1-4H3,(H2,36,37,42)/t21-,22+,31+/m1/s1. The molecule has 0 radical (unpaired) electrons. The highest BCUT2D eigenvalue weighted by molar-refractivity contribution is 7.89. The molecule has 0 bridgehead atoms. The van der Waals surface area contributed by atoms with Crippen LogP contribution in [-0.4, -0.2) is 80.7 Å². The van der Waals surface area contributed by atoms with Gasteiger partial charge in [-0.3, -0.25) is 4.79 Å². The molecule has 0 spiro atoms. The number of anilines is 2. The van der Waals surface area contributed by atoms with Gasteiger partial charge in [0, 0.05) is 24.9 Å². The van der Waals surface area contributed by atoms with Crippen LogP contribution >= 0.6 is 11.6 Å². The first kappa shape index (κ1) is 34.0. The van der Waals surface area contributed by atoms with Crippen LogP contribution in [-0.2, 0) is 10.0 Å². The van der Waals surface area contributed by atoms with Crippen molar-refractivity contribution in [1.82, 2.24) is 9.21 Å². The van der Waals surface area contributed by atoms with Crippen molar-refractivity contribution in [2.24, 2.45) is 5.92 Å². The lowest BCUT2D eigenvalue weighted by atomic mass is 9.99. The molecular weight excluding hydrogens is 644 g/mol. The second-order valence-electron chi connectivity index (χ2n) is 11.5. The topological polar surface area (TPSA) is 138 Å². The van der Waals surface area contributed by atoms with E-state index >= 15 is 0 Å². The molecule has 0 aromatic heterocycles. The van der Waals surface area contributed by atoms with Gasteiger partial charge >= 0.3 is 6.03 Å². The molecule has 0 saturated carbocycles. The summed E-state index contributed by atoms with van der Waals surface area (Å²) in [6, 6.07) is 21.1. The van der Waals surface area contributed by atoms with Crippen LogP contribution in [0, 0.1) is 5.92 Å². The molecule has 3 N–H and O–H groups in total. The quantitative estimate of drug-likeness (QED) is 0.207. The molecule has 4 aromatic carbocycles. The number of hydrogen-bond donors (Lipinski definition) is 3. The van der Waals surface area contributed by atoms with E-state index in [1.54, 1.807) is 31.2 Å². The first-order chi connectivity index (χ1) is 22.4. The zero-order chi connectivity index (χ0) is 33.9. The summed E-state index contributed by atoms with van der Waals surface area (Å²) in [5, 5.41) is 17.6. The van der Waals surface area contributed by atoms with Crippen molar-refractivity contribution in [2.75, 3.05) is 44.5 Å². The van der Waals surface area contributed by atoms with Gasteiger partial charge in [0.15, 0.2) is 5.75 Å². The number of urea groups is 1. The number of carbonyl (C=O) groups is 2. The largest absolute Gasteiger partial charge is 0.495 e. The van der Waals surface area contributed by atoms with Crippen LogP contribution in [0.5, 0.6) is 11.5 Å². The Morgan fingerprint density at radius 1 is 1.09 bits per heavy atom. The van der Waals surface area contributed by atoms with Crippen molar-refractivity contribution in [3.05, 3.63) is 89.4 Å². The predicted octanol–water partition coefficient (Wildman–Crippen LogP) is 5.69. The summed E-state index contributed by atoms with van der Waals surface area (Å²) in [6.45, 7) is 3.38. The minimum atomic E-state index is -4.02. The van der Waals surface area contributed by atoms with Gasteiger partial charge in [0.1, 0.15) is 11.9 Å². The van der Waals surface area contributed by atoms with Crippen LogP contribution in [0.2, 0.25) is 5.02 Å². The van der Waals surface area contributed by atoms with Crippen molar-refractivity contribution in [3.63, 3.8) is 0 Å². The minimum absolute atomic E-state index is 0.0251. The summed E-state index contributed by atoms with van der Waals surface area (Å²) in [5.74, 6) is -0.348. The number of nitrogens with one attached hydrogen (secondary N) is 2. The average molecular weight is 681 g/mol. The lowest BCUT2D eigenvalue weighted by molar-refractivity contribution is 0.0389. The van der Waals surface area contributed by atoms with E-state index < -0.39 is 34.1 Å². The lowest BCUT2D eigenvalue weighted by Gasteiger charge is -2.38. The number of methoxy groups -OCH3 is 1. The zero-order valence-corrected chi connectivity index (χ0v) is 28.0. The van der Waals surface area contributed by atoms with Crippen molar-refractivity contribution in [1.29, 1.82) is 0 Å². The van der Waals surface area contributed by atoms with Gasteiger partial charge in [-0.15, -0.1) is 0 Å². The predicted molar refractivity (Wildman–Crippen MR) is 182 cm³/mol. The fourth-order valence-electron chi connectivity index (χ4n) is 5.51. The molecule has 47 heavy (non-hydrogen) atoms. The number of nitrogens with zero attached hydrogens (tertiary/aromatic N) is 2. The molecule has 248 valence electrons. The Balaban J connectivity index is 1.48. The molecule has 1 aliphatic heterocycles. The molecule has 4 aromatic rings. The second-order valence-corrected chi connectivity index (χ2v) is 13.9. The maximum absolute atomic E-state index is 13.8. The van der Waals surface area contributed by atoms with Crippen molar-refractivity contribution < 1.29 is 32.6 Å². The third-order valence-corrected chi connectivity index (χ3v) is 10.4. The zero-order valence-electron chi connectivity index (χ0n) is 26.4. The monoisotopic (exact) mass is 680 g/mol. The third kappa shape index (κ3) is 7.15. The number of likely N-dealkylation sites (N-methyl/N-ethyl adjacent to an activating group) is 1. The van der Waals surface area contributed by atoms with Crippen molar-refractivity contribution >= 4 is 55.7 Å². The maximum Gasteiger partial charge on any atom is 0.323 e. The average Bonchev–Trinajstić information content (AvgIpc) is 3.06. The van der Waals surface area contributed by atoms with Crippen LogP contribution in [0.4, 0.5) is 16.2 Å². The Labute approximate surface area is 279 Å². The Morgan fingerprint density at radius 3 is 2.49 bits per heavy atom. The SMILES string of the molecule is COc1ccc(S(=O)(=O)N(C)C[C@@H]2Oc3c(NC(=O)Nc4cccc5ccccc45)cccc3C(=O)N([C@@H](C)CO)C[C@H]2C)cc1Cl. The molecule has 3 amide bonds. The van der Waals surface area contributed by atoms with Crippen LogP contribution < -0.4 is 20.1 Å². The van der Waals surface area contributed by atoms with Gasteiger partial charge < -0.3 is 30.1 Å². The number of para-hydroxylation sites is 1. The van der Waals surface area contributed by atoms with Gasteiger partial charge in [-0.25, -0.2) is 13.2 Å². The van der Waals surface area contributed by atoms with Gasteiger partial charge in [-0.2, -0.15) is 4.31 Å². The van der Waals surface area contributed by atoms with Gasteiger partial charge in [-0.05, 0) is 48.7 Å². The van der Waals surface area contributed by atoms with Crippen LogP contribution in [0.25, 0.3) is 10.8 Å². The van der Waals surface area contributed by atoms with Gasteiger partial charge in [0.2, 0.25) is 10.0 Å². The fraction of sp³-hybridized carbons (Fsp3) is 0.294. The first-order valence-corrected chi connectivity index (χ1v) is 16.8. The van der Waals surface area contributed by atoms with Gasteiger partial charge in [0.05, 0.1) is 53.2 Å². The van der Waals surface area contributed by atoms with Gasteiger partial charge in [0.25, 0.3) is 5.91 Å². The molecule has 0 saturated heterocycles. The summed E-state index contributed by atoms with van der Waals surface area (Å²) >= 11 is 6.23. The fourth-order valence-corrected chi connectivity index (χ4v) is 7.04. The molecule has 0 aliphatic carbocycles. The van der Waals surface area contributed by atoms with E-state index in [4.69, 9.17) is 21.1 Å². The number of hydrogen-bond acceptors (Lipinski definition) is 7. The molecular formula is C34H37ClN4O7S. The highest BCUT2D eigenvalue weighted by Crippen LogP contribution is 2.36. The summed E-state index contributed by atoms with van der Waals surface area (Å²) in [6.07, 6.45) is -0.771. The van der Waals surface area contributed by atoms with Crippen molar-refractivity contribution in [3.8, 4) is 11.5 Å². The Kier molecular flexibility index (Phi) is 10.3. The highest BCUT2D eigenvalue weighted by atomic mass is 35.5. The number of fused-ring (bicyclic) bond motifs is 2. The molecule has 13 heteroatoms. The van der Waals surface area contributed by atoms with Gasteiger partial charge in [-0.1, -0.05) is 61.0 Å². The van der Waals surface area contributed by atoms with E-state index in [-0.39, 0.29) is 52.5 Å². The number of carbonyl (C=O) groups excluding carboxylic acids is 2. The Hall–Kier alpha value is -4.36. The second kappa shape index (κ2) is 14.2. The lowest BCUT2D eigenvalue weighted by Crippen LogP contribution is -2.50. The number of aliphatic hydroxyl groups is 1. The van der Waals surface area contributed by atoms with E-state index in [1.165, 1.54) is 41.6 Å². The molecule has 11 nitrogen and oxygen atoms in total. The summed E-state index contributed by atoms with van der Waals surface area (Å²) in [7, 11) is -1.15. The van der Waals surface area contributed by atoms with Crippen LogP contribution in [0.15, 0.2) is 83.8 Å². The number of sulfonamides is 1. The van der Waals surface area contributed by atoms with E-state index in [9.17, 15) is 23.1 Å². The van der Waals surface area contributed by atoms with Crippen LogP contribution in [0.3, 0.4) is 0 Å². The summed E-state index contributed by atoms with van der Waals surface area (Å²) in [5.41, 5.74) is 0.977. The number of benzene rings is 4. The highest BCUT2D eigenvalue weighted by Gasteiger charge is 2.36. The summed E-state index contributed by atoms with van der Waals surface area (Å²) < 4.78 is 40.1. The van der Waals surface area contributed by atoms with E-state index in [2.05, 4.69) is 10.6 Å². The van der Waals surface area contributed by atoms with E-state index in [1.807, 2.05) is 43.3 Å². The van der Waals surface area contributed by atoms with Crippen molar-refractivity contribution in [2.45, 2.75) is 30.9 Å². The summed E-state index contributed by atoms with van der Waals surface area (Å²) in [4.78, 5) is 28.7. The van der Waals surface area contributed by atoms with E-state index in [0.717, 1.165) is 10.8 Å². The number of amides is 3. The number of ether oxygens (including phenoxy) is 2. The normalized spacial score (nSPS) is 17.3. The Morgan fingerprint density at radius 2 is 1.77 bits per heavy atom. The molecule has 3 atom stereocenters. The first-order valence-electron chi connectivity index (χ1n) is 15.0. The van der Waals surface area contributed by atoms with Crippen LogP contribution in [0.1, 0.15) is 24.2 Å². The molecule has 0 fully saturated rings. The number of rotatable bonds is 9.